The number of ether oxygens (including phenoxy) is 1. The molecule has 0 bridgehead atoms. The summed E-state index contributed by atoms with van der Waals surface area (Å²) in [5.74, 6) is -3.17. The fourth-order valence-electron chi connectivity index (χ4n) is 2.30. The third-order valence-electron chi connectivity index (χ3n) is 3.97. The number of hydrogen-bond donors (Lipinski definition) is 2. The summed E-state index contributed by atoms with van der Waals surface area (Å²) in [7, 11) is 0. The summed E-state index contributed by atoms with van der Waals surface area (Å²) in [6, 6.07) is 2.21. The maximum Gasteiger partial charge on any atom is 0.320 e. The Morgan fingerprint density at radius 1 is 1.32 bits per heavy atom. The minimum atomic E-state index is -1.27. The summed E-state index contributed by atoms with van der Waals surface area (Å²) in [5.41, 5.74) is -0.621. The minimum absolute atomic E-state index is 0.0868. The van der Waals surface area contributed by atoms with Gasteiger partial charge in [-0.25, -0.2) is 18.0 Å². The molecular formula is C16H16F3N3O2S. The van der Waals surface area contributed by atoms with Crippen LogP contribution >= 0.6 is 11.5 Å². The molecular weight excluding hydrogens is 355 g/mol. The Hall–Kier alpha value is -2.29. The number of hydrogen-bond acceptors (Lipinski definition) is 4. The van der Waals surface area contributed by atoms with Crippen LogP contribution in [0.4, 0.5) is 23.0 Å². The second-order valence-corrected chi connectivity index (χ2v) is 6.63. The summed E-state index contributed by atoms with van der Waals surface area (Å²) < 4.78 is 50.2. The van der Waals surface area contributed by atoms with Crippen LogP contribution in [0.1, 0.15) is 30.4 Å². The maximum atomic E-state index is 13.8. The average molecular weight is 371 g/mol. The van der Waals surface area contributed by atoms with Crippen LogP contribution in [0.25, 0.3) is 0 Å². The third kappa shape index (κ3) is 4.04. The van der Waals surface area contributed by atoms with Gasteiger partial charge in [0.05, 0.1) is 5.56 Å². The van der Waals surface area contributed by atoms with E-state index in [-0.39, 0.29) is 23.5 Å². The minimum Gasteiger partial charge on any atom is -0.472 e. The largest absolute Gasteiger partial charge is 0.472 e. The molecule has 1 aromatic heterocycles. The molecule has 0 spiro atoms. The number of anilines is 1. The van der Waals surface area contributed by atoms with Gasteiger partial charge in [0, 0.05) is 12.1 Å². The van der Waals surface area contributed by atoms with Gasteiger partial charge in [-0.05, 0) is 49.3 Å². The molecule has 1 aromatic carbocycles. The lowest BCUT2D eigenvalue weighted by molar-refractivity contribution is 0.240. The van der Waals surface area contributed by atoms with Crippen LogP contribution in [0, 0.1) is 24.4 Å². The van der Waals surface area contributed by atoms with E-state index in [1.165, 1.54) is 13.0 Å². The Balaban J connectivity index is 1.58. The summed E-state index contributed by atoms with van der Waals surface area (Å²) in [6.45, 7) is 0.769. The SMILES string of the molecule is Cc1cc(F)c(COc2cc(NC(=O)NC3CCC3)sn2)c(F)c1F. The van der Waals surface area contributed by atoms with E-state index in [9.17, 15) is 18.0 Å². The van der Waals surface area contributed by atoms with Gasteiger partial charge in [0.15, 0.2) is 11.6 Å². The molecule has 1 heterocycles. The van der Waals surface area contributed by atoms with E-state index in [0.29, 0.717) is 5.00 Å². The monoisotopic (exact) mass is 371 g/mol. The van der Waals surface area contributed by atoms with Crippen LogP contribution in [0.3, 0.4) is 0 Å². The van der Waals surface area contributed by atoms with Crippen molar-refractivity contribution in [2.24, 2.45) is 0 Å². The van der Waals surface area contributed by atoms with Crippen molar-refractivity contribution in [2.45, 2.75) is 38.8 Å². The zero-order valence-corrected chi connectivity index (χ0v) is 14.2. The Bertz CT molecular complexity index is 793. The Labute approximate surface area is 146 Å². The molecule has 0 aliphatic heterocycles. The molecule has 2 aromatic rings. The fraction of sp³-hybridized carbons (Fsp3) is 0.375. The predicted molar refractivity (Wildman–Crippen MR) is 87.3 cm³/mol. The first-order chi connectivity index (χ1) is 11.9. The van der Waals surface area contributed by atoms with Crippen molar-refractivity contribution in [3.8, 4) is 5.88 Å². The average Bonchev–Trinajstić information content (AvgIpc) is 2.96. The second kappa shape index (κ2) is 7.30. The number of nitrogens with zero attached hydrogens (tertiary/aromatic N) is 1. The molecule has 1 aliphatic carbocycles. The number of amides is 2. The van der Waals surface area contributed by atoms with Crippen LogP contribution in [0.15, 0.2) is 12.1 Å². The molecule has 134 valence electrons. The van der Waals surface area contributed by atoms with Crippen molar-refractivity contribution in [1.82, 2.24) is 9.69 Å². The van der Waals surface area contributed by atoms with Gasteiger partial charge in [-0.15, -0.1) is 0 Å². The van der Waals surface area contributed by atoms with Crippen LogP contribution < -0.4 is 15.4 Å². The molecule has 3 rings (SSSR count). The van der Waals surface area contributed by atoms with Crippen LogP contribution in [0.5, 0.6) is 5.88 Å². The Morgan fingerprint density at radius 2 is 2.08 bits per heavy atom. The van der Waals surface area contributed by atoms with Crippen molar-refractivity contribution in [3.05, 3.63) is 40.7 Å². The van der Waals surface area contributed by atoms with Crippen LogP contribution in [-0.2, 0) is 6.61 Å². The van der Waals surface area contributed by atoms with Gasteiger partial charge in [0.1, 0.15) is 17.4 Å². The topological polar surface area (TPSA) is 63.2 Å². The van der Waals surface area contributed by atoms with Gasteiger partial charge in [-0.2, -0.15) is 4.37 Å². The molecule has 2 amide bonds. The number of urea groups is 1. The molecule has 0 unspecified atom stereocenters. The number of nitrogens with one attached hydrogen (secondary N) is 2. The van der Waals surface area contributed by atoms with Crippen molar-refractivity contribution in [1.29, 1.82) is 0 Å². The number of aryl methyl sites for hydroxylation is 1. The number of rotatable bonds is 5. The van der Waals surface area contributed by atoms with E-state index >= 15 is 0 Å². The van der Waals surface area contributed by atoms with Gasteiger partial charge in [-0.3, -0.25) is 5.32 Å². The molecule has 1 aliphatic rings. The summed E-state index contributed by atoms with van der Waals surface area (Å²) >= 11 is 0.971. The first kappa shape index (κ1) is 17.5. The fourth-order valence-corrected chi connectivity index (χ4v) is 2.89. The van der Waals surface area contributed by atoms with Gasteiger partial charge in [0.25, 0.3) is 0 Å². The Morgan fingerprint density at radius 3 is 2.76 bits per heavy atom. The first-order valence-corrected chi connectivity index (χ1v) is 8.51. The lowest BCUT2D eigenvalue weighted by atomic mass is 9.93. The van der Waals surface area contributed by atoms with E-state index in [1.54, 1.807) is 0 Å². The summed E-state index contributed by atoms with van der Waals surface area (Å²) in [4.78, 5) is 11.7. The molecule has 25 heavy (non-hydrogen) atoms. The van der Waals surface area contributed by atoms with Crippen LogP contribution in [-0.4, -0.2) is 16.4 Å². The quantitative estimate of drug-likeness (QED) is 0.777. The van der Waals surface area contributed by atoms with Crippen molar-refractivity contribution < 1.29 is 22.7 Å². The number of halogens is 3. The van der Waals surface area contributed by atoms with E-state index in [2.05, 4.69) is 15.0 Å². The molecule has 5 nitrogen and oxygen atoms in total. The number of carbonyl (C=O) groups is 1. The zero-order chi connectivity index (χ0) is 18.0. The van der Waals surface area contributed by atoms with E-state index in [1.807, 2.05) is 0 Å². The molecule has 0 saturated heterocycles. The molecule has 2 N–H and O–H groups in total. The number of carbonyl (C=O) groups excluding carboxylic acids is 1. The van der Waals surface area contributed by atoms with Crippen molar-refractivity contribution in [2.75, 3.05) is 5.32 Å². The molecule has 1 saturated carbocycles. The highest BCUT2D eigenvalue weighted by Gasteiger charge is 2.20. The normalized spacial score (nSPS) is 14.1. The number of benzene rings is 1. The summed E-state index contributed by atoms with van der Waals surface area (Å²) in [6.07, 6.45) is 3.04. The van der Waals surface area contributed by atoms with E-state index in [4.69, 9.17) is 4.74 Å². The maximum absolute atomic E-state index is 13.8. The Kier molecular flexibility index (Phi) is 5.12. The van der Waals surface area contributed by atoms with Gasteiger partial charge in [0.2, 0.25) is 5.88 Å². The highest BCUT2D eigenvalue weighted by atomic mass is 32.1. The first-order valence-electron chi connectivity index (χ1n) is 7.74. The van der Waals surface area contributed by atoms with Gasteiger partial charge in [-0.1, -0.05) is 0 Å². The van der Waals surface area contributed by atoms with Gasteiger partial charge < -0.3 is 10.1 Å². The smallest absolute Gasteiger partial charge is 0.320 e. The lowest BCUT2D eigenvalue weighted by Crippen LogP contribution is -2.41. The van der Waals surface area contributed by atoms with Crippen molar-refractivity contribution >= 4 is 22.6 Å². The second-order valence-electron chi connectivity index (χ2n) is 5.83. The van der Waals surface area contributed by atoms with Crippen LogP contribution in [0.2, 0.25) is 0 Å². The molecule has 1 fully saturated rings. The number of aromatic nitrogens is 1. The van der Waals surface area contributed by atoms with E-state index in [0.717, 1.165) is 36.9 Å². The van der Waals surface area contributed by atoms with E-state index < -0.39 is 29.6 Å². The predicted octanol–water partition coefficient (Wildman–Crippen LogP) is 4.12. The molecule has 0 radical (unpaired) electrons. The zero-order valence-electron chi connectivity index (χ0n) is 13.4. The third-order valence-corrected chi connectivity index (χ3v) is 4.65. The standard InChI is InChI=1S/C16H16F3N3O2S/c1-8-5-11(17)10(15(19)14(8)18)7-24-12-6-13(25-22-12)21-16(23)20-9-3-2-4-9/h5-6,9H,2-4,7H2,1H3,(H2,20,21,23). The highest BCUT2D eigenvalue weighted by Crippen LogP contribution is 2.25. The highest BCUT2D eigenvalue weighted by molar-refractivity contribution is 7.10. The molecule has 0 atom stereocenters. The lowest BCUT2D eigenvalue weighted by Gasteiger charge is -2.26. The molecule has 9 heteroatoms. The van der Waals surface area contributed by atoms with Crippen molar-refractivity contribution in [3.63, 3.8) is 0 Å². The summed E-state index contributed by atoms with van der Waals surface area (Å²) in [5, 5.41) is 5.86. The van der Waals surface area contributed by atoms with Gasteiger partial charge >= 0.3 is 6.03 Å².